The van der Waals surface area contributed by atoms with Crippen LogP contribution in [-0.2, 0) is 0 Å². The van der Waals surface area contributed by atoms with Gasteiger partial charge in [-0.05, 0) is 19.8 Å². The summed E-state index contributed by atoms with van der Waals surface area (Å²) < 4.78 is 13.9. The maximum absolute atomic E-state index is 13.9. The zero-order chi connectivity index (χ0) is 10.0. The normalized spacial score (nSPS) is 19.9. The molecule has 0 bridgehead atoms. The van der Waals surface area contributed by atoms with E-state index in [1.807, 2.05) is 13.1 Å². The van der Waals surface area contributed by atoms with Crippen molar-refractivity contribution in [1.82, 2.24) is 4.98 Å². The Balaban J connectivity index is 1.87. The Morgan fingerprint density at radius 1 is 1.57 bits per heavy atom. The van der Waals surface area contributed by atoms with E-state index < -0.39 is 5.67 Å². The van der Waals surface area contributed by atoms with Gasteiger partial charge >= 0.3 is 0 Å². The zero-order valence-corrected chi connectivity index (χ0v) is 9.16. The number of rotatable bonds is 3. The molecule has 1 aliphatic carbocycles. The van der Waals surface area contributed by atoms with Crippen molar-refractivity contribution >= 4 is 16.5 Å². The number of thiazole rings is 1. The van der Waals surface area contributed by atoms with Crippen LogP contribution >= 0.6 is 11.3 Å². The molecule has 14 heavy (non-hydrogen) atoms. The molecule has 0 aliphatic heterocycles. The first-order valence-electron chi connectivity index (χ1n) is 5.03. The van der Waals surface area contributed by atoms with Crippen LogP contribution in [0.3, 0.4) is 0 Å². The van der Waals surface area contributed by atoms with Gasteiger partial charge in [-0.2, -0.15) is 0 Å². The number of alkyl halides is 1. The van der Waals surface area contributed by atoms with E-state index >= 15 is 0 Å². The lowest BCUT2D eigenvalue weighted by Gasteiger charge is -2.18. The molecule has 78 valence electrons. The molecule has 0 amide bonds. The minimum atomic E-state index is -0.987. The third-order valence-electron chi connectivity index (χ3n) is 2.68. The van der Waals surface area contributed by atoms with Crippen LogP contribution in [0.4, 0.5) is 9.52 Å². The highest BCUT2D eigenvalue weighted by molar-refractivity contribution is 7.15. The smallest absolute Gasteiger partial charge is 0.182 e. The van der Waals surface area contributed by atoms with E-state index in [0.29, 0.717) is 19.4 Å². The van der Waals surface area contributed by atoms with Crippen molar-refractivity contribution in [2.75, 3.05) is 11.9 Å². The zero-order valence-electron chi connectivity index (χ0n) is 8.35. The van der Waals surface area contributed by atoms with Crippen molar-refractivity contribution in [1.29, 1.82) is 0 Å². The summed E-state index contributed by atoms with van der Waals surface area (Å²) >= 11 is 1.58. The van der Waals surface area contributed by atoms with Crippen molar-refractivity contribution < 1.29 is 4.39 Å². The molecule has 0 radical (unpaired) electrons. The second kappa shape index (κ2) is 3.85. The molecule has 1 heterocycles. The average molecular weight is 214 g/mol. The minimum absolute atomic E-state index is 0.417. The second-order valence-electron chi connectivity index (χ2n) is 3.99. The summed E-state index contributed by atoms with van der Waals surface area (Å²) in [6.45, 7) is 2.42. The Morgan fingerprint density at radius 2 is 2.29 bits per heavy atom. The highest BCUT2D eigenvalue weighted by Gasteiger charge is 2.33. The summed E-state index contributed by atoms with van der Waals surface area (Å²) in [7, 11) is 0. The van der Waals surface area contributed by atoms with E-state index in [-0.39, 0.29) is 0 Å². The van der Waals surface area contributed by atoms with Gasteiger partial charge in [-0.25, -0.2) is 9.37 Å². The van der Waals surface area contributed by atoms with Gasteiger partial charge < -0.3 is 5.32 Å². The van der Waals surface area contributed by atoms with Crippen LogP contribution in [0, 0.1) is 6.92 Å². The Bertz CT molecular complexity index is 305. The number of nitrogens with one attached hydrogen (secondary N) is 1. The first kappa shape index (κ1) is 9.90. The maximum atomic E-state index is 13.9. The van der Waals surface area contributed by atoms with Gasteiger partial charge in [0.2, 0.25) is 0 Å². The van der Waals surface area contributed by atoms with Gasteiger partial charge in [0.15, 0.2) is 5.13 Å². The molecule has 0 aromatic carbocycles. The van der Waals surface area contributed by atoms with Crippen LogP contribution in [0.15, 0.2) is 6.20 Å². The number of aryl methyl sites for hydroxylation is 1. The maximum Gasteiger partial charge on any atom is 0.182 e. The van der Waals surface area contributed by atoms with Crippen LogP contribution < -0.4 is 5.32 Å². The summed E-state index contributed by atoms with van der Waals surface area (Å²) in [6, 6.07) is 0. The lowest BCUT2D eigenvalue weighted by atomic mass is 10.1. The largest absolute Gasteiger partial charge is 0.358 e. The number of nitrogens with zero attached hydrogens (tertiary/aromatic N) is 1. The number of aromatic nitrogens is 1. The molecule has 2 nitrogen and oxygen atoms in total. The monoisotopic (exact) mass is 214 g/mol. The molecule has 2 rings (SSSR count). The van der Waals surface area contributed by atoms with E-state index in [1.165, 1.54) is 0 Å². The highest BCUT2D eigenvalue weighted by Crippen LogP contribution is 2.33. The van der Waals surface area contributed by atoms with Crippen molar-refractivity contribution in [2.24, 2.45) is 0 Å². The lowest BCUT2D eigenvalue weighted by molar-refractivity contribution is 0.190. The van der Waals surface area contributed by atoms with Crippen LogP contribution in [0.5, 0.6) is 0 Å². The van der Waals surface area contributed by atoms with Crippen molar-refractivity contribution in [2.45, 2.75) is 38.3 Å². The molecule has 0 unspecified atom stereocenters. The third kappa shape index (κ3) is 2.23. The van der Waals surface area contributed by atoms with Gasteiger partial charge in [0.25, 0.3) is 0 Å². The van der Waals surface area contributed by atoms with Crippen molar-refractivity contribution in [3.8, 4) is 0 Å². The van der Waals surface area contributed by atoms with Crippen molar-refractivity contribution in [3.05, 3.63) is 11.1 Å². The van der Waals surface area contributed by atoms with Crippen LogP contribution in [0.2, 0.25) is 0 Å². The van der Waals surface area contributed by atoms with Crippen LogP contribution in [0.1, 0.15) is 30.6 Å². The Morgan fingerprint density at radius 3 is 2.86 bits per heavy atom. The molecular weight excluding hydrogens is 199 g/mol. The lowest BCUT2D eigenvalue weighted by Crippen LogP contribution is -2.28. The molecular formula is C10H15FN2S. The van der Waals surface area contributed by atoms with Crippen LogP contribution in [0.25, 0.3) is 0 Å². The van der Waals surface area contributed by atoms with E-state index in [1.54, 1.807) is 11.3 Å². The fraction of sp³-hybridized carbons (Fsp3) is 0.700. The molecule has 1 aromatic rings. The van der Waals surface area contributed by atoms with Gasteiger partial charge in [0.05, 0.1) is 6.54 Å². The molecule has 1 aromatic heterocycles. The number of hydrogen-bond donors (Lipinski definition) is 1. The Hall–Kier alpha value is -0.640. The van der Waals surface area contributed by atoms with Gasteiger partial charge in [-0.15, -0.1) is 11.3 Å². The highest BCUT2D eigenvalue weighted by atomic mass is 32.1. The number of anilines is 1. The summed E-state index contributed by atoms with van der Waals surface area (Å²) in [4.78, 5) is 5.31. The molecule has 1 fully saturated rings. The summed E-state index contributed by atoms with van der Waals surface area (Å²) in [5.41, 5.74) is -0.987. The van der Waals surface area contributed by atoms with Gasteiger partial charge in [0, 0.05) is 11.1 Å². The molecule has 1 saturated carbocycles. The fourth-order valence-electron chi connectivity index (χ4n) is 1.86. The molecule has 4 heteroatoms. The quantitative estimate of drug-likeness (QED) is 0.836. The predicted molar refractivity (Wildman–Crippen MR) is 57.6 cm³/mol. The standard InChI is InChI=1S/C10H15FN2S/c1-8-6-12-9(14-8)13-7-10(11)4-2-3-5-10/h6H,2-5,7H2,1H3,(H,12,13). The Labute approximate surface area is 87.6 Å². The van der Waals surface area contributed by atoms with Gasteiger partial charge in [0.1, 0.15) is 5.67 Å². The molecule has 0 spiro atoms. The summed E-state index contributed by atoms with van der Waals surface area (Å²) in [5.74, 6) is 0. The second-order valence-corrected chi connectivity index (χ2v) is 5.22. The molecule has 1 aliphatic rings. The fourth-order valence-corrected chi connectivity index (χ4v) is 2.52. The van der Waals surface area contributed by atoms with Gasteiger partial charge in [-0.3, -0.25) is 0 Å². The van der Waals surface area contributed by atoms with E-state index in [9.17, 15) is 4.39 Å². The SMILES string of the molecule is Cc1cnc(NCC2(F)CCCC2)s1. The molecule has 0 saturated heterocycles. The third-order valence-corrected chi connectivity index (χ3v) is 3.55. The molecule has 1 N–H and O–H groups in total. The van der Waals surface area contributed by atoms with E-state index in [2.05, 4.69) is 10.3 Å². The topological polar surface area (TPSA) is 24.9 Å². The first-order valence-corrected chi connectivity index (χ1v) is 5.85. The predicted octanol–water partition coefficient (Wildman–Crippen LogP) is 3.15. The van der Waals surface area contributed by atoms with E-state index in [0.717, 1.165) is 22.9 Å². The summed E-state index contributed by atoms with van der Waals surface area (Å²) in [6.07, 6.45) is 5.26. The van der Waals surface area contributed by atoms with E-state index in [4.69, 9.17) is 0 Å². The van der Waals surface area contributed by atoms with Crippen LogP contribution in [-0.4, -0.2) is 17.2 Å². The van der Waals surface area contributed by atoms with Crippen molar-refractivity contribution in [3.63, 3.8) is 0 Å². The average Bonchev–Trinajstić information content (AvgIpc) is 2.73. The first-order chi connectivity index (χ1) is 6.68. The Kier molecular flexibility index (Phi) is 2.72. The number of hydrogen-bond acceptors (Lipinski definition) is 3. The molecule has 0 atom stereocenters. The van der Waals surface area contributed by atoms with Gasteiger partial charge in [-0.1, -0.05) is 12.8 Å². The minimum Gasteiger partial charge on any atom is -0.358 e. The number of halogens is 1. The summed E-state index contributed by atoms with van der Waals surface area (Å²) in [5, 5.41) is 3.92.